The molecule has 0 N–H and O–H groups in total. The van der Waals surface area contributed by atoms with E-state index in [1.807, 2.05) is 0 Å². The smallest absolute Gasteiger partial charge is 0.172 e. The van der Waals surface area contributed by atoms with E-state index in [1.54, 1.807) is 11.7 Å². The van der Waals surface area contributed by atoms with Crippen molar-refractivity contribution in [3.63, 3.8) is 0 Å². The highest BCUT2D eigenvalue weighted by Gasteiger charge is 2.23. The van der Waals surface area contributed by atoms with Gasteiger partial charge in [0.05, 0.1) is 20.6 Å². The molecule has 6 heteroatoms. The van der Waals surface area contributed by atoms with Gasteiger partial charge >= 0.3 is 0 Å². The van der Waals surface area contributed by atoms with Crippen LogP contribution >= 0.6 is 38.9 Å². The van der Waals surface area contributed by atoms with Crippen LogP contribution in [0, 0.1) is 0 Å². The molecule has 0 aliphatic heterocycles. The summed E-state index contributed by atoms with van der Waals surface area (Å²) in [5.74, 6) is 0.630. The van der Waals surface area contributed by atoms with Crippen molar-refractivity contribution in [2.75, 3.05) is 0 Å². The van der Waals surface area contributed by atoms with Crippen molar-refractivity contribution in [1.82, 2.24) is 15.0 Å². The maximum Gasteiger partial charge on any atom is 0.172 e. The van der Waals surface area contributed by atoms with Crippen molar-refractivity contribution in [1.29, 1.82) is 0 Å². The lowest BCUT2D eigenvalue weighted by atomic mass is 9.92. The summed E-state index contributed by atoms with van der Waals surface area (Å²) in [7, 11) is 0. The second-order valence-corrected chi connectivity index (χ2v) is 6.65. The van der Waals surface area contributed by atoms with Gasteiger partial charge in [0, 0.05) is 11.6 Å². The molecule has 0 spiro atoms. The average Bonchev–Trinajstić information content (AvgIpc) is 2.73. The minimum Gasteiger partial charge on any atom is -0.252 e. The minimum absolute atomic E-state index is 0.0924. The van der Waals surface area contributed by atoms with Crippen LogP contribution in [-0.2, 0) is 5.41 Å². The molecule has 2 aromatic heterocycles. The fraction of sp³-hybridized carbons (Fsp3) is 0.364. The van der Waals surface area contributed by atoms with Gasteiger partial charge in [-0.1, -0.05) is 32.4 Å². The number of nitrogens with zero attached hydrogens (tertiary/aromatic N) is 3. The van der Waals surface area contributed by atoms with Crippen LogP contribution in [0.25, 0.3) is 10.7 Å². The molecule has 2 rings (SSSR count). The lowest BCUT2D eigenvalue weighted by Gasteiger charge is -2.20. The molecular formula is C11H11BrClN3S. The molecule has 0 fully saturated rings. The van der Waals surface area contributed by atoms with E-state index >= 15 is 0 Å². The van der Waals surface area contributed by atoms with Crippen molar-refractivity contribution >= 4 is 38.9 Å². The molecule has 0 aliphatic rings. The first-order chi connectivity index (χ1) is 7.89. The first kappa shape index (κ1) is 12.9. The zero-order valence-corrected chi connectivity index (χ0v) is 12.8. The summed E-state index contributed by atoms with van der Waals surface area (Å²) in [6.07, 6.45) is 1.75. The van der Waals surface area contributed by atoms with E-state index in [4.69, 9.17) is 11.6 Å². The van der Waals surface area contributed by atoms with Crippen LogP contribution in [0.1, 0.15) is 26.5 Å². The average molecular weight is 333 g/mol. The van der Waals surface area contributed by atoms with Gasteiger partial charge in [-0.25, -0.2) is 9.97 Å². The molecule has 2 heterocycles. The van der Waals surface area contributed by atoms with Gasteiger partial charge in [-0.05, 0) is 15.9 Å². The van der Waals surface area contributed by atoms with E-state index in [2.05, 4.69) is 51.7 Å². The second kappa shape index (κ2) is 4.63. The van der Waals surface area contributed by atoms with Crippen molar-refractivity contribution in [2.24, 2.45) is 0 Å². The van der Waals surface area contributed by atoms with E-state index in [9.17, 15) is 0 Å². The summed E-state index contributed by atoms with van der Waals surface area (Å²) in [4.78, 5) is 13.8. The Morgan fingerprint density at radius 3 is 2.53 bits per heavy atom. The van der Waals surface area contributed by atoms with Gasteiger partial charge in [-0.2, -0.15) is 0 Å². The predicted molar refractivity (Wildman–Crippen MR) is 74.6 cm³/mol. The Morgan fingerprint density at radius 2 is 2.00 bits per heavy atom. The molecule has 0 saturated heterocycles. The van der Waals surface area contributed by atoms with Gasteiger partial charge in [-0.15, -0.1) is 11.3 Å². The Labute approximate surface area is 117 Å². The van der Waals surface area contributed by atoms with Gasteiger partial charge in [0.25, 0.3) is 0 Å². The Kier molecular flexibility index (Phi) is 3.52. The van der Waals surface area contributed by atoms with Crippen molar-refractivity contribution in [3.8, 4) is 10.7 Å². The number of hydrogen-bond donors (Lipinski definition) is 0. The van der Waals surface area contributed by atoms with Gasteiger partial charge in [-0.3, -0.25) is 4.98 Å². The lowest BCUT2D eigenvalue weighted by Crippen LogP contribution is -2.15. The number of aromatic nitrogens is 3. The highest BCUT2D eigenvalue weighted by molar-refractivity contribution is 9.10. The number of rotatable bonds is 1. The molecule has 3 nitrogen and oxygen atoms in total. The van der Waals surface area contributed by atoms with Gasteiger partial charge in [0.15, 0.2) is 5.82 Å². The molecule has 90 valence electrons. The lowest BCUT2D eigenvalue weighted by molar-refractivity contribution is 0.564. The number of halogens is 2. The first-order valence-corrected chi connectivity index (χ1v) is 7.07. The van der Waals surface area contributed by atoms with E-state index in [0.717, 1.165) is 15.0 Å². The standard InChI is InChI=1S/C11H11BrClN3S/c1-11(2,3)8-7(12)9(13)16-10(15-8)6-4-14-5-17-6/h4-5H,1-3H3. The van der Waals surface area contributed by atoms with E-state index in [-0.39, 0.29) is 5.41 Å². The molecule has 0 radical (unpaired) electrons. The topological polar surface area (TPSA) is 38.7 Å². The third-order valence-electron chi connectivity index (χ3n) is 2.17. The van der Waals surface area contributed by atoms with Crippen molar-refractivity contribution in [3.05, 3.63) is 27.0 Å². The van der Waals surface area contributed by atoms with Crippen molar-refractivity contribution in [2.45, 2.75) is 26.2 Å². The zero-order valence-electron chi connectivity index (χ0n) is 9.66. The first-order valence-electron chi connectivity index (χ1n) is 5.02. The second-order valence-electron chi connectivity index (χ2n) is 4.62. The maximum atomic E-state index is 6.13. The largest absolute Gasteiger partial charge is 0.252 e. The fourth-order valence-electron chi connectivity index (χ4n) is 1.35. The molecule has 0 bridgehead atoms. The molecular weight excluding hydrogens is 322 g/mol. The third kappa shape index (κ3) is 2.67. The summed E-state index contributed by atoms with van der Waals surface area (Å²) in [5, 5.41) is 0.438. The summed E-state index contributed by atoms with van der Waals surface area (Å²) in [6.45, 7) is 6.27. The summed E-state index contributed by atoms with van der Waals surface area (Å²) < 4.78 is 0.764. The fourth-order valence-corrected chi connectivity index (χ4v) is 2.85. The Balaban J connectivity index is 2.62. The van der Waals surface area contributed by atoms with Crippen LogP contribution in [0.4, 0.5) is 0 Å². The Bertz CT molecular complexity index is 534. The van der Waals surface area contributed by atoms with E-state index in [1.165, 1.54) is 11.3 Å². The Hall–Kier alpha value is -0.520. The molecule has 0 aromatic carbocycles. The minimum atomic E-state index is -0.0924. The quantitative estimate of drug-likeness (QED) is 0.730. The van der Waals surface area contributed by atoms with Crippen molar-refractivity contribution < 1.29 is 0 Å². The van der Waals surface area contributed by atoms with Gasteiger partial charge in [0.2, 0.25) is 0 Å². The van der Waals surface area contributed by atoms with Crippen LogP contribution in [-0.4, -0.2) is 15.0 Å². The van der Waals surface area contributed by atoms with E-state index in [0.29, 0.717) is 11.0 Å². The maximum absolute atomic E-state index is 6.13. The molecule has 0 atom stereocenters. The molecule has 0 unspecified atom stereocenters. The van der Waals surface area contributed by atoms with Gasteiger partial charge in [0.1, 0.15) is 5.15 Å². The summed E-state index contributed by atoms with van der Waals surface area (Å²) >= 11 is 11.1. The van der Waals surface area contributed by atoms with Crippen LogP contribution in [0.5, 0.6) is 0 Å². The van der Waals surface area contributed by atoms with Gasteiger partial charge < -0.3 is 0 Å². The SMILES string of the molecule is CC(C)(C)c1nc(-c2cncs2)nc(Cl)c1Br. The van der Waals surface area contributed by atoms with Crippen LogP contribution in [0.15, 0.2) is 16.2 Å². The van der Waals surface area contributed by atoms with Crippen LogP contribution in [0.3, 0.4) is 0 Å². The third-order valence-corrected chi connectivity index (χ3v) is 4.20. The highest BCUT2D eigenvalue weighted by Crippen LogP contribution is 2.34. The molecule has 2 aromatic rings. The van der Waals surface area contributed by atoms with Crippen LogP contribution < -0.4 is 0 Å². The predicted octanol–water partition coefficient (Wildman–Crippen LogP) is 4.31. The molecule has 17 heavy (non-hydrogen) atoms. The normalized spacial score (nSPS) is 11.8. The zero-order chi connectivity index (χ0) is 12.6. The van der Waals surface area contributed by atoms with E-state index < -0.39 is 0 Å². The molecule has 0 saturated carbocycles. The Morgan fingerprint density at radius 1 is 1.29 bits per heavy atom. The number of hydrogen-bond acceptors (Lipinski definition) is 4. The van der Waals surface area contributed by atoms with Crippen LogP contribution in [0.2, 0.25) is 5.15 Å². The summed E-state index contributed by atoms with van der Waals surface area (Å²) in [5.41, 5.74) is 2.57. The number of thiazole rings is 1. The molecule has 0 amide bonds. The highest BCUT2D eigenvalue weighted by atomic mass is 79.9. The molecule has 0 aliphatic carbocycles. The monoisotopic (exact) mass is 331 g/mol. The summed E-state index contributed by atoms with van der Waals surface area (Å²) in [6, 6.07) is 0.